The zero-order valence-electron chi connectivity index (χ0n) is 9.55. The third-order valence-corrected chi connectivity index (χ3v) is 2.44. The van der Waals surface area contributed by atoms with Crippen LogP contribution in [0, 0.1) is 0 Å². The summed E-state index contributed by atoms with van der Waals surface area (Å²) >= 11 is 0. The molecular formula is C14H18O. The third kappa shape index (κ3) is 4.11. The molecule has 0 aromatic heterocycles. The van der Waals surface area contributed by atoms with E-state index >= 15 is 0 Å². The normalized spacial score (nSPS) is 10.0. The molecule has 0 saturated carbocycles. The second kappa shape index (κ2) is 5.50. The molecule has 0 bridgehead atoms. The molecule has 0 atom stereocenters. The minimum Gasteiger partial charge on any atom is -0.300 e. The Morgan fingerprint density at radius 1 is 1.20 bits per heavy atom. The van der Waals surface area contributed by atoms with Gasteiger partial charge in [0, 0.05) is 6.42 Å². The van der Waals surface area contributed by atoms with Crippen LogP contribution in [-0.4, -0.2) is 5.78 Å². The largest absolute Gasteiger partial charge is 0.300 e. The van der Waals surface area contributed by atoms with Crippen molar-refractivity contribution in [1.29, 1.82) is 0 Å². The van der Waals surface area contributed by atoms with Gasteiger partial charge in [0.2, 0.25) is 0 Å². The number of allylic oxidation sites excluding steroid dienone is 1. The van der Waals surface area contributed by atoms with Gasteiger partial charge in [0.25, 0.3) is 0 Å². The lowest BCUT2D eigenvalue weighted by Gasteiger charge is -2.03. The summed E-state index contributed by atoms with van der Waals surface area (Å²) in [6.45, 7) is 7.54. The van der Waals surface area contributed by atoms with Gasteiger partial charge in [0.05, 0.1) is 0 Å². The van der Waals surface area contributed by atoms with Crippen LogP contribution in [0.25, 0.3) is 5.57 Å². The van der Waals surface area contributed by atoms with E-state index in [9.17, 15) is 4.79 Å². The summed E-state index contributed by atoms with van der Waals surface area (Å²) in [7, 11) is 0. The molecular weight excluding hydrogens is 184 g/mol. The van der Waals surface area contributed by atoms with Gasteiger partial charge in [-0.15, -0.1) is 0 Å². The Labute approximate surface area is 91.8 Å². The van der Waals surface area contributed by atoms with Crippen LogP contribution < -0.4 is 0 Å². The van der Waals surface area contributed by atoms with E-state index in [-0.39, 0.29) is 5.78 Å². The summed E-state index contributed by atoms with van der Waals surface area (Å²) in [6.07, 6.45) is 2.61. The molecule has 0 unspecified atom stereocenters. The van der Waals surface area contributed by atoms with Gasteiger partial charge in [-0.2, -0.15) is 0 Å². The SMILES string of the molecule is C=C(C)c1ccc(CCCC(C)=O)cc1. The van der Waals surface area contributed by atoms with Crippen LogP contribution in [-0.2, 0) is 11.2 Å². The molecule has 0 heterocycles. The first-order valence-corrected chi connectivity index (χ1v) is 5.34. The minimum atomic E-state index is 0.272. The Morgan fingerprint density at radius 3 is 2.27 bits per heavy atom. The summed E-state index contributed by atoms with van der Waals surface area (Å²) < 4.78 is 0. The molecule has 1 rings (SSSR count). The molecule has 0 amide bonds. The first-order chi connectivity index (χ1) is 7.09. The van der Waals surface area contributed by atoms with Crippen molar-refractivity contribution in [3.05, 3.63) is 42.0 Å². The Bertz CT molecular complexity index is 346. The van der Waals surface area contributed by atoms with Crippen LogP contribution in [0.2, 0.25) is 0 Å². The highest BCUT2D eigenvalue weighted by Gasteiger charge is 1.97. The van der Waals surface area contributed by atoms with Gasteiger partial charge < -0.3 is 4.79 Å². The molecule has 1 heteroatoms. The topological polar surface area (TPSA) is 17.1 Å². The quantitative estimate of drug-likeness (QED) is 0.712. The molecule has 0 saturated heterocycles. The maximum Gasteiger partial charge on any atom is 0.129 e. The molecule has 0 fully saturated rings. The second-order valence-corrected chi connectivity index (χ2v) is 4.03. The van der Waals surface area contributed by atoms with Crippen LogP contribution in [0.1, 0.15) is 37.8 Å². The summed E-state index contributed by atoms with van der Waals surface area (Å²) in [5, 5.41) is 0. The van der Waals surface area contributed by atoms with E-state index in [2.05, 4.69) is 30.8 Å². The summed E-state index contributed by atoms with van der Waals surface area (Å²) in [5.41, 5.74) is 3.57. The molecule has 0 spiro atoms. The van der Waals surface area contributed by atoms with Gasteiger partial charge in [-0.3, -0.25) is 0 Å². The first-order valence-electron chi connectivity index (χ1n) is 5.34. The fourth-order valence-corrected chi connectivity index (χ4v) is 1.50. The Morgan fingerprint density at radius 2 is 1.80 bits per heavy atom. The van der Waals surface area contributed by atoms with E-state index in [0.29, 0.717) is 6.42 Å². The van der Waals surface area contributed by atoms with Gasteiger partial charge in [-0.1, -0.05) is 36.4 Å². The van der Waals surface area contributed by atoms with Gasteiger partial charge >= 0.3 is 0 Å². The lowest BCUT2D eigenvalue weighted by Crippen LogP contribution is -1.92. The smallest absolute Gasteiger partial charge is 0.129 e. The maximum absolute atomic E-state index is 10.8. The number of carbonyl (C=O) groups excluding carboxylic acids is 1. The van der Waals surface area contributed by atoms with E-state index < -0.39 is 0 Å². The number of aryl methyl sites for hydroxylation is 1. The van der Waals surface area contributed by atoms with Crippen molar-refractivity contribution >= 4 is 11.4 Å². The second-order valence-electron chi connectivity index (χ2n) is 4.03. The first kappa shape index (κ1) is 11.7. The highest BCUT2D eigenvalue weighted by molar-refractivity contribution is 5.75. The molecule has 0 N–H and O–H groups in total. The Hall–Kier alpha value is -1.37. The predicted molar refractivity (Wildman–Crippen MR) is 64.8 cm³/mol. The maximum atomic E-state index is 10.8. The number of carbonyl (C=O) groups is 1. The Balaban J connectivity index is 2.50. The monoisotopic (exact) mass is 202 g/mol. The van der Waals surface area contributed by atoms with Crippen molar-refractivity contribution in [2.45, 2.75) is 33.1 Å². The van der Waals surface area contributed by atoms with Crippen LogP contribution in [0.5, 0.6) is 0 Å². The summed E-state index contributed by atoms with van der Waals surface area (Å²) in [5.74, 6) is 0.272. The number of rotatable bonds is 5. The van der Waals surface area contributed by atoms with E-state index in [0.717, 1.165) is 18.4 Å². The van der Waals surface area contributed by atoms with E-state index in [1.807, 2.05) is 6.92 Å². The van der Waals surface area contributed by atoms with Gasteiger partial charge in [0.1, 0.15) is 5.78 Å². The van der Waals surface area contributed by atoms with Crippen molar-refractivity contribution in [3.8, 4) is 0 Å². The van der Waals surface area contributed by atoms with Gasteiger partial charge in [0.15, 0.2) is 0 Å². The molecule has 80 valence electrons. The van der Waals surface area contributed by atoms with Crippen molar-refractivity contribution in [3.63, 3.8) is 0 Å². The highest BCUT2D eigenvalue weighted by Crippen LogP contribution is 2.13. The molecule has 1 aromatic carbocycles. The van der Waals surface area contributed by atoms with E-state index in [4.69, 9.17) is 0 Å². The average Bonchev–Trinajstić information content (AvgIpc) is 2.18. The summed E-state index contributed by atoms with van der Waals surface area (Å²) in [6, 6.07) is 8.41. The zero-order valence-corrected chi connectivity index (χ0v) is 9.55. The third-order valence-electron chi connectivity index (χ3n) is 2.44. The van der Waals surface area contributed by atoms with E-state index in [1.165, 1.54) is 11.1 Å². The minimum absolute atomic E-state index is 0.272. The van der Waals surface area contributed by atoms with Crippen LogP contribution in [0.4, 0.5) is 0 Å². The van der Waals surface area contributed by atoms with Crippen LogP contribution >= 0.6 is 0 Å². The molecule has 1 aromatic rings. The van der Waals surface area contributed by atoms with Crippen molar-refractivity contribution < 1.29 is 4.79 Å². The number of Topliss-reactive ketones (excluding diaryl/α,β-unsaturated/α-hetero) is 1. The molecule has 1 nitrogen and oxygen atoms in total. The van der Waals surface area contributed by atoms with Gasteiger partial charge in [-0.05, 0) is 37.8 Å². The van der Waals surface area contributed by atoms with Crippen LogP contribution in [0.15, 0.2) is 30.8 Å². The lowest BCUT2D eigenvalue weighted by atomic mass is 10.0. The van der Waals surface area contributed by atoms with Crippen molar-refractivity contribution in [1.82, 2.24) is 0 Å². The molecule has 0 aliphatic heterocycles. The van der Waals surface area contributed by atoms with E-state index in [1.54, 1.807) is 6.92 Å². The average molecular weight is 202 g/mol. The highest BCUT2D eigenvalue weighted by atomic mass is 16.1. The molecule has 0 aliphatic carbocycles. The van der Waals surface area contributed by atoms with Crippen LogP contribution in [0.3, 0.4) is 0 Å². The summed E-state index contributed by atoms with van der Waals surface area (Å²) in [4.78, 5) is 10.8. The fraction of sp³-hybridized carbons (Fsp3) is 0.357. The number of hydrogen-bond donors (Lipinski definition) is 0. The number of benzene rings is 1. The number of ketones is 1. The van der Waals surface area contributed by atoms with Crippen molar-refractivity contribution in [2.75, 3.05) is 0 Å². The lowest BCUT2D eigenvalue weighted by molar-refractivity contribution is -0.117. The predicted octanol–water partition coefficient (Wildman–Crippen LogP) is 3.63. The molecule has 15 heavy (non-hydrogen) atoms. The zero-order chi connectivity index (χ0) is 11.3. The van der Waals surface area contributed by atoms with Gasteiger partial charge in [-0.25, -0.2) is 0 Å². The number of hydrogen-bond acceptors (Lipinski definition) is 1. The standard InChI is InChI=1S/C14H18O/c1-11(2)14-9-7-13(8-10-14)6-4-5-12(3)15/h7-10H,1,4-6H2,2-3H3. The Kier molecular flexibility index (Phi) is 4.29. The fourth-order valence-electron chi connectivity index (χ4n) is 1.50. The molecule has 0 radical (unpaired) electrons. The molecule has 0 aliphatic rings. The van der Waals surface area contributed by atoms with Crippen molar-refractivity contribution in [2.24, 2.45) is 0 Å².